The predicted octanol–water partition coefficient (Wildman–Crippen LogP) is 3.03. The lowest BCUT2D eigenvalue weighted by Crippen LogP contribution is -2.33. The average Bonchev–Trinajstić information content (AvgIpc) is 2.49. The Bertz CT molecular complexity index is 459. The Kier molecular flexibility index (Phi) is 5.68. The molecule has 20 heavy (non-hydrogen) atoms. The maximum atomic E-state index is 10.8. The van der Waals surface area contributed by atoms with E-state index < -0.39 is 0 Å². The maximum Gasteiger partial charge on any atom is 0.179 e. The lowest BCUT2D eigenvalue weighted by molar-refractivity contribution is 0.112. The minimum atomic E-state index is 0.407. The van der Waals surface area contributed by atoms with E-state index in [-0.39, 0.29) is 0 Å². The second-order valence-corrected chi connectivity index (χ2v) is 5.31. The van der Waals surface area contributed by atoms with Gasteiger partial charge >= 0.3 is 0 Å². The molecule has 0 radical (unpaired) electrons. The Balaban J connectivity index is 1.95. The van der Waals surface area contributed by atoms with Crippen LogP contribution in [0.4, 0.5) is 0 Å². The van der Waals surface area contributed by atoms with E-state index in [1.165, 1.54) is 26.4 Å². The number of hydrogen-bond acceptors (Lipinski definition) is 4. The number of rotatable bonds is 6. The molecule has 0 aliphatic carbocycles. The van der Waals surface area contributed by atoms with Crippen LogP contribution in [0.15, 0.2) is 12.1 Å². The Morgan fingerprint density at radius 1 is 1.30 bits per heavy atom. The number of methoxy groups -OCH3 is 1. The van der Waals surface area contributed by atoms with Crippen LogP contribution in [0, 0.1) is 0 Å². The largest absolute Gasteiger partial charge is 0.493 e. The van der Waals surface area contributed by atoms with Crippen molar-refractivity contribution in [1.82, 2.24) is 4.90 Å². The van der Waals surface area contributed by atoms with E-state index in [9.17, 15) is 4.79 Å². The van der Waals surface area contributed by atoms with Crippen LogP contribution in [0.3, 0.4) is 0 Å². The Hall–Kier alpha value is -1.26. The molecular weight excluding hydrogens is 278 g/mol. The summed E-state index contributed by atoms with van der Waals surface area (Å²) in [6.45, 7) is 3.72. The first-order valence-electron chi connectivity index (χ1n) is 6.92. The van der Waals surface area contributed by atoms with Crippen LogP contribution in [0.1, 0.15) is 29.6 Å². The van der Waals surface area contributed by atoms with Crippen molar-refractivity contribution in [2.45, 2.75) is 19.3 Å². The van der Waals surface area contributed by atoms with Gasteiger partial charge in [0.15, 0.2) is 11.5 Å². The molecule has 0 saturated carbocycles. The summed E-state index contributed by atoms with van der Waals surface area (Å²) in [5.41, 5.74) is 0.482. The van der Waals surface area contributed by atoms with Crippen LogP contribution in [0.25, 0.3) is 0 Å². The molecule has 4 nitrogen and oxygen atoms in total. The first-order chi connectivity index (χ1) is 9.74. The molecule has 1 aliphatic heterocycles. The van der Waals surface area contributed by atoms with E-state index in [1.807, 2.05) is 0 Å². The molecule has 1 saturated heterocycles. The summed E-state index contributed by atoms with van der Waals surface area (Å²) in [4.78, 5) is 13.2. The van der Waals surface area contributed by atoms with Crippen LogP contribution < -0.4 is 9.47 Å². The molecule has 1 heterocycles. The van der Waals surface area contributed by atoms with E-state index in [0.29, 0.717) is 28.7 Å². The van der Waals surface area contributed by atoms with Crippen molar-refractivity contribution in [3.05, 3.63) is 22.7 Å². The van der Waals surface area contributed by atoms with Crippen LogP contribution in [-0.2, 0) is 0 Å². The Morgan fingerprint density at radius 3 is 2.70 bits per heavy atom. The fourth-order valence-corrected chi connectivity index (χ4v) is 2.68. The fourth-order valence-electron chi connectivity index (χ4n) is 2.41. The van der Waals surface area contributed by atoms with Gasteiger partial charge in [0.05, 0.1) is 12.1 Å². The molecule has 1 aromatic rings. The number of benzene rings is 1. The van der Waals surface area contributed by atoms with Crippen molar-refractivity contribution in [1.29, 1.82) is 0 Å². The van der Waals surface area contributed by atoms with Gasteiger partial charge in [-0.05, 0) is 38.1 Å². The van der Waals surface area contributed by atoms with Gasteiger partial charge in [0.25, 0.3) is 0 Å². The third kappa shape index (κ3) is 3.87. The van der Waals surface area contributed by atoms with Gasteiger partial charge < -0.3 is 9.47 Å². The van der Waals surface area contributed by atoms with Crippen molar-refractivity contribution in [3.63, 3.8) is 0 Å². The Labute approximate surface area is 124 Å². The summed E-state index contributed by atoms with van der Waals surface area (Å²) in [7, 11) is 1.54. The lowest BCUT2D eigenvalue weighted by atomic mass is 10.1. The number of carbonyl (C=O) groups excluding carboxylic acids is 1. The van der Waals surface area contributed by atoms with Gasteiger partial charge in [-0.1, -0.05) is 18.0 Å². The first-order valence-corrected chi connectivity index (χ1v) is 7.30. The van der Waals surface area contributed by atoms with Gasteiger partial charge in [0.1, 0.15) is 12.9 Å². The van der Waals surface area contributed by atoms with E-state index >= 15 is 0 Å². The number of nitrogens with zero attached hydrogens (tertiary/aromatic N) is 1. The summed E-state index contributed by atoms with van der Waals surface area (Å²) in [5.74, 6) is 1.01. The van der Waals surface area contributed by atoms with Crippen LogP contribution in [0.5, 0.6) is 11.5 Å². The number of aldehydes is 1. The zero-order valence-electron chi connectivity index (χ0n) is 11.7. The molecule has 110 valence electrons. The van der Waals surface area contributed by atoms with Crippen LogP contribution >= 0.6 is 11.6 Å². The number of likely N-dealkylation sites (tertiary alicyclic amines) is 1. The van der Waals surface area contributed by atoms with Crippen molar-refractivity contribution in [3.8, 4) is 11.5 Å². The highest BCUT2D eigenvalue weighted by molar-refractivity contribution is 6.32. The SMILES string of the molecule is COc1cc(C=O)cc(Cl)c1OCCN1CCCCC1. The zero-order chi connectivity index (χ0) is 14.4. The van der Waals surface area contributed by atoms with Gasteiger partial charge in [-0.3, -0.25) is 9.69 Å². The summed E-state index contributed by atoms with van der Waals surface area (Å²) in [6.07, 6.45) is 4.59. The maximum absolute atomic E-state index is 10.8. The molecule has 2 rings (SSSR count). The summed E-state index contributed by atoms with van der Waals surface area (Å²) in [5, 5.41) is 0.407. The van der Waals surface area contributed by atoms with Gasteiger partial charge in [-0.2, -0.15) is 0 Å². The standard InChI is InChI=1S/C15H20ClNO3/c1-19-14-10-12(11-18)9-13(16)15(14)20-8-7-17-5-3-2-4-6-17/h9-11H,2-8H2,1H3. The fraction of sp³-hybridized carbons (Fsp3) is 0.533. The third-order valence-corrected chi connectivity index (χ3v) is 3.77. The smallest absolute Gasteiger partial charge is 0.179 e. The number of halogens is 1. The number of ether oxygens (including phenoxy) is 2. The van der Waals surface area contributed by atoms with E-state index in [0.717, 1.165) is 25.9 Å². The highest BCUT2D eigenvalue weighted by Crippen LogP contribution is 2.36. The minimum absolute atomic E-state index is 0.407. The molecule has 0 unspecified atom stereocenters. The molecule has 0 N–H and O–H groups in total. The molecule has 0 spiro atoms. The normalized spacial score (nSPS) is 15.9. The molecule has 5 heteroatoms. The second-order valence-electron chi connectivity index (χ2n) is 4.90. The zero-order valence-corrected chi connectivity index (χ0v) is 12.5. The van der Waals surface area contributed by atoms with Crippen LogP contribution in [-0.4, -0.2) is 44.5 Å². The highest BCUT2D eigenvalue weighted by Gasteiger charge is 2.14. The minimum Gasteiger partial charge on any atom is -0.493 e. The van der Waals surface area contributed by atoms with Crippen molar-refractivity contribution >= 4 is 17.9 Å². The van der Waals surface area contributed by atoms with Crippen molar-refractivity contribution in [2.24, 2.45) is 0 Å². The second kappa shape index (κ2) is 7.50. The summed E-state index contributed by atoms with van der Waals surface area (Å²) >= 11 is 6.14. The van der Waals surface area contributed by atoms with Crippen LogP contribution in [0.2, 0.25) is 5.02 Å². The highest BCUT2D eigenvalue weighted by atomic mass is 35.5. The number of piperidine rings is 1. The summed E-state index contributed by atoms with van der Waals surface area (Å²) in [6, 6.07) is 3.22. The predicted molar refractivity (Wildman–Crippen MR) is 79.2 cm³/mol. The van der Waals surface area contributed by atoms with Gasteiger partial charge in [0, 0.05) is 12.1 Å². The molecule has 0 amide bonds. The lowest BCUT2D eigenvalue weighted by Gasteiger charge is -2.26. The topological polar surface area (TPSA) is 38.8 Å². The monoisotopic (exact) mass is 297 g/mol. The average molecular weight is 298 g/mol. The van der Waals surface area contributed by atoms with Gasteiger partial charge in [-0.15, -0.1) is 0 Å². The molecular formula is C15H20ClNO3. The van der Waals surface area contributed by atoms with Crippen molar-refractivity contribution in [2.75, 3.05) is 33.4 Å². The van der Waals surface area contributed by atoms with E-state index in [2.05, 4.69) is 4.90 Å². The molecule has 1 fully saturated rings. The molecule has 0 bridgehead atoms. The van der Waals surface area contributed by atoms with E-state index in [4.69, 9.17) is 21.1 Å². The molecule has 0 aromatic heterocycles. The molecule has 1 aliphatic rings. The molecule has 1 aromatic carbocycles. The van der Waals surface area contributed by atoms with E-state index in [1.54, 1.807) is 12.1 Å². The third-order valence-electron chi connectivity index (χ3n) is 3.49. The van der Waals surface area contributed by atoms with Crippen molar-refractivity contribution < 1.29 is 14.3 Å². The van der Waals surface area contributed by atoms with Gasteiger partial charge in [-0.25, -0.2) is 0 Å². The number of hydrogen-bond donors (Lipinski definition) is 0. The Morgan fingerprint density at radius 2 is 2.05 bits per heavy atom. The first kappa shape index (κ1) is 15.1. The number of carbonyl (C=O) groups is 1. The summed E-state index contributed by atoms with van der Waals surface area (Å²) < 4.78 is 11.0. The quantitative estimate of drug-likeness (QED) is 0.757. The molecule has 0 atom stereocenters. The van der Waals surface area contributed by atoms with Gasteiger partial charge in [0.2, 0.25) is 0 Å².